The van der Waals surface area contributed by atoms with Crippen molar-refractivity contribution in [3.8, 4) is 0 Å². The molecule has 3 rings (SSSR count). The number of hydrogen-bond donors (Lipinski definition) is 1. The summed E-state index contributed by atoms with van der Waals surface area (Å²) in [4.78, 5) is 24.1. The molecule has 0 spiro atoms. The highest BCUT2D eigenvalue weighted by molar-refractivity contribution is 6.30. The average molecular weight is 308 g/mol. The van der Waals surface area contributed by atoms with Gasteiger partial charge in [0.05, 0.1) is 5.92 Å². The van der Waals surface area contributed by atoms with E-state index in [1.807, 2.05) is 12.1 Å². The van der Waals surface area contributed by atoms with E-state index in [1.165, 1.54) is 0 Å². The number of carbonyl (C=O) groups is 2. The highest BCUT2D eigenvalue weighted by atomic mass is 35.5. The molecule has 0 aliphatic carbocycles. The van der Waals surface area contributed by atoms with Crippen molar-refractivity contribution >= 4 is 23.4 Å². The first-order valence-corrected chi connectivity index (χ1v) is 7.70. The molecular formula is C16H18ClNO3. The highest BCUT2D eigenvalue weighted by Crippen LogP contribution is 2.39. The number of hydrogen-bond acceptors (Lipinski definition) is 3. The molecule has 3 atom stereocenters. The van der Waals surface area contributed by atoms with Gasteiger partial charge in [0.1, 0.15) is 0 Å². The molecule has 21 heavy (non-hydrogen) atoms. The number of piperidine rings is 1. The molecule has 4 nitrogen and oxygen atoms in total. The summed E-state index contributed by atoms with van der Waals surface area (Å²) in [7, 11) is 0. The Bertz CT molecular complexity index is 537. The summed E-state index contributed by atoms with van der Waals surface area (Å²) in [5.41, 5.74) is 0.917. The summed E-state index contributed by atoms with van der Waals surface area (Å²) in [5, 5.41) is 3.10. The minimum Gasteiger partial charge on any atom is -0.381 e. The first kappa shape index (κ1) is 14.5. The van der Waals surface area contributed by atoms with Crippen LogP contribution in [-0.4, -0.2) is 25.0 Å². The molecule has 0 bridgehead atoms. The van der Waals surface area contributed by atoms with E-state index in [2.05, 4.69) is 5.32 Å². The maximum Gasteiger partial charge on any atom is 0.234 e. The predicted molar refractivity (Wildman–Crippen MR) is 79.0 cm³/mol. The van der Waals surface area contributed by atoms with Crippen molar-refractivity contribution in [3.63, 3.8) is 0 Å². The van der Waals surface area contributed by atoms with Gasteiger partial charge in [0.2, 0.25) is 11.8 Å². The first-order chi connectivity index (χ1) is 10.1. The van der Waals surface area contributed by atoms with Crippen LogP contribution in [0.5, 0.6) is 0 Å². The van der Waals surface area contributed by atoms with Gasteiger partial charge in [-0.25, -0.2) is 0 Å². The minimum atomic E-state index is -0.299. The lowest BCUT2D eigenvalue weighted by atomic mass is 9.72. The third-order valence-electron chi connectivity index (χ3n) is 4.42. The fraction of sp³-hybridized carbons (Fsp3) is 0.500. The van der Waals surface area contributed by atoms with Gasteiger partial charge in [-0.05, 0) is 42.4 Å². The standard InChI is InChI=1S/C16H18ClNO3/c17-12-5-3-10(4-6-12)15-13(8-14(19)18-16(15)20)11-2-1-7-21-9-11/h3-6,11,13,15H,1-2,7-9H2,(H,18,19,20). The number of ether oxygens (including phenoxy) is 1. The fourth-order valence-electron chi connectivity index (χ4n) is 3.40. The Morgan fingerprint density at radius 3 is 2.62 bits per heavy atom. The predicted octanol–water partition coefficient (Wildman–Crippen LogP) is 2.51. The van der Waals surface area contributed by atoms with Gasteiger partial charge in [-0.15, -0.1) is 0 Å². The summed E-state index contributed by atoms with van der Waals surface area (Å²) in [5.74, 6) is -0.418. The van der Waals surface area contributed by atoms with Crippen LogP contribution in [0.3, 0.4) is 0 Å². The van der Waals surface area contributed by atoms with Crippen molar-refractivity contribution < 1.29 is 14.3 Å². The van der Waals surface area contributed by atoms with E-state index in [4.69, 9.17) is 16.3 Å². The lowest BCUT2D eigenvalue weighted by Gasteiger charge is -2.37. The monoisotopic (exact) mass is 307 g/mol. The van der Waals surface area contributed by atoms with Crippen LogP contribution in [0, 0.1) is 11.8 Å². The largest absolute Gasteiger partial charge is 0.381 e. The second-order valence-electron chi connectivity index (χ2n) is 5.79. The summed E-state index contributed by atoms with van der Waals surface area (Å²) >= 11 is 5.92. The van der Waals surface area contributed by atoms with Gasteiger partial charge < -0.3 is 4.74 Å². The number of nitrogens with one attached hydrogen (secondary N) is 1. The molecule has 0 aromatic heterocycles. The number of imide groups is 1. The first-order valence-electron chi connectivity index (χ1n) is 7.32. The molecule has 0 saturated carbocycles. The van der Waals surface area contributed by atoms with Gasteiger partial charge in [0.15, 0.2) is 0 Å². The summed E-state index contributed by atoms with van der Waals surface area (Å²) in [6.07, 6.45) is 2.38. The number of benzene rings is 1. The Morgan fingerprint density at radius 2 is 1.95 bits per heavy atom. The minimum absolute atomic E-state index is 0.00715. The van der Waals surface area contributed by atoms with Crippen molar-refractivity contribution in [2.75, 3.05) is 13.2 Å². The SMILES string of the molecule is O=C1CC(C2CCCOC2)C(c2ccc(Cl)cc2)C(=O)N1. The zero-order valence-corrected chi connectivity index (χ0v) is 12.4. The van der Waals surface area contributed by atoms with E-state index in [9.17, 15) is 9.59 Å². The summed E-state index contributed by atoms with van der Waals surface area (Å²) in [6, 6.07) is 7.32. The van der Waals surface area contributed by atoms with Gasteiger partial charge in [-0.2, -0.15) is 0 Å². The molecule has 2 aliphatic heterocycles. The van der Waals surface area contributed by atoms with Gasteiger partial charge in [0, 0.05) is 24.7 Å². The number of halogens is 1. The molecule has 2 heterocycles. The number of rotatable bonds is 2. The van der Waals surface area contributed by atoms with Crippen molar-refractivity contribution in [1.29, 1.82) is 0 Å². The maximum atomic E-state index is 12.3. The Morgan fingerprint density at radius 1 is 1.19 bits per heavy atom. The molecule has 2 aliphatic rings. The Hall–Kier alpha value is -1.39. The van der Waals surface area contributed by atoms with E-state index in [0.717, 1.165) is 25.0 Å². The number of carbonyl (C=O) groups excluding carboxylic acids is 2. The molecule has 112 valence electrons. The average Bonchev–Trinajstić information content (AvgIpc) is 2.49. The smallest absolute Gasteiger partial charge is 0.234 e. The normalized spacial score (nSPS) is 30.0. The van der Waals surface area contributed by atoms with E-state index >= 15 is 0 Å². The molecule has 2 saturated heterocycles. The van der Waals surface area contributed by atoms with Crippen LogP contribution >= 0.6 is 11.6 Å². The molecule has 3 unspecified atom stereocenters. The van der Waals surface area contributed by atoms with E-state index < -0.39 is 0 Å². The third kappa shape index (κ3) is 3.11. The second-order valence-corrected chi connectivity index (χ2v) is 6.22. The molecule has 0 radical (unpaired) electrons. The zero-order valence-electron chi connectivity index (χ0n) is 11.7. The van der Waals surface area contributed by atoms with Crippen molar-refractivity contribution in [1.82, 2.24) is 5.32 Å². The van der Waals surface area contributed by atoms with Crippen LogP contribution in [0.25, 0.3) is 0 Å². The Balaban J connectivity index is 1.90. The van der Waals surface area contributed by atoms with Crippen LogP contribution in [0.1, 0.15) is 30.7 Å². The van der Waals surface area contributed by atoms with Gasteiger partial charge >= 0.3 is 0 Å². The van der Waals surface area contributed by atoms with Crippen molar-refractivity contribution in [2.45, 2.75) is 25.2 Å². The van der Waals surface area contributed by atoms with Crippen LogP contribution in [0.15, 0.2) is 24.3 Å². The molecular weight excluding hydrogens is 290 g/mol. The van der Waals surface area contributed by atoms with E-state index in [-0.39, 0.29) is 29.6 Å². The van der Waals surface area contributed by atoms with Gasteiger partial charge in [-0.3, -0.25) is 14.9 Å². The summed E-state index contributed by atoms with van der Waals surface area (Å²) in [6.45, 7) is 1.41. The second kappa shape index (κ2) is 6.16. The van der Waals surface area contributed by atoms with E-state index in [0.29, 0.717) is 18.1 Å². The topological polar surface area (TPSA) is 55.4 Å². The molecule has 1 N–H and O–H groups in total. The van der Waals surface area contributed by atoms with Gasteiger partial charge in [0.25, 0.3) is 0 Å². The highest BCUT2D eigenvalue weighted by Gasteiger charge is 2.41. The molecule has 1 aromatic carbocycles. The molecule has 1 aromatic rings. The maximum absolute atomic E-state index is 12.3. The number of amides is 2. The zero-order chi connectivity index (χ0) is 14.8. The van der Waals surface area contributed by atoms with Gasteiger partial charge in [-0.1, -0.05) is 23.7 Å². The Kier molecular flexibility index (Phi) is 4.27. The Labute approximate surface area is 128 Å². The third-order valence-corrected chi connectivity index (χ3v) is 4.68. The molecule has 5 heteroatoms. The molecule has 2 amide bonds. The quantitative estimate of drug-likeness (QED) is 0.854. The lowest BCUT2D eigenvalue weighted by molar-refractivity contribution is -0.138. The van der Waals surface area contributed by atoms with E-state index in [1.54, 1.807) is 12.1 Å². The van der Waals surface area contributed by atoms with Crippen LogP contribution in [0.2, 0.25) is 5.02 Å². The lowest BCUT2D eigenvalue weighted by Crippen LogP contribution is -2.47. The van der Waals surface area contributed by atoms with Crippen molar-refractivity contribution in [2.24, 2.45) is 11.8 Å². The van der Waals surface area contributed by atoms with Crippen LogP contribution in [0.4, 0.5) is 0 Å². The van der Waals surface area contributed by atoms with Crippen LogP contribution < -0.4 is 5.32 Å². The van der Waals surface area contributed by atoms with Crippen molar-refractivity contribution in [3.05, 3.63) is 34.9 Å². The summed E-state index contributed by atoms with van der Waals surface area (Å²) < 4.78 is 5.54. The molecule has 2 fully saturated rings. The fourth-order valence-corrected chi connectivity index (χ4v) is 3.53. The van der Waals surface area contributed by atoms with Crippen LogP contribution in [-0.2, 0) is 14.3 Å².